The normalized spacial score (nSPS) is 14.4. The summed E-state index contributed by atoms with van der Waals surface area (Å²) < 4.78 is 10.7. The number of hydrogen-bond acceptors (Lipinski definition) is 9. The summed E-state index contributed by atoms with van der Waals surface area (Å²) in [4.78, 5) is 11.5. The van der Waals surface area contributed by atoms with Crippen LogP contribution in [0, 0.1) is 6.92 Å². The highest BCUT2D eigenvalue weighted by Gasteiger charge is 2.23. The molecule has 0 aliphatic carbocycles. The first kappa shape index (κ1) is 24.4. The number of rotatable bonds is 5. The van der Waals surface area contributed by atoms with Crippen molar-refractivity contribution in [2.75, 3.05) is 37.0 Å². The molecule has 6 rings (SSSR count). The lowest BCUT2D eigenvalue weighted by Gasteiger charge is -2.18. The van der Waals surface area contributed by atoms with Crippen LogP contribution in [0.2, 0.25) is 5.02 Å². The van der Waals surface area contributed by atoms with E-state index in [9.17, 15) is 5.11 Å². The number of thiophene rings is 1. The minimum absolute atomic E-state index is 0.0897. The van der Waals surface area contributed by atoms with Crippen LogP contribution in [-0.2, 0) is 4.74 Å². The highest BCUT2D eigenvalue weighted by atomic mass is 35.5. The van der Waals surface area contributed by atoms with Gasteiger partial charge in [-0.3, -0.25) is 4.52 Å². The molecule has 1 fully saturated rings. The summed E-state index contributed by atoms with van der Waals surface area (Å²) in [5.41, 5.74) is 11.6. The van der Waals surface area contributed by atoms with Gasteiger partial charge in [0.15, 0.2) is 0 Å². The molecular weight excluding hydrogens is 524 g/mol. The molecule has 2 aromatic carbocycles. The second kappa shape index (κ2) is 10.1. The first-order valence-corrected chi connectivity index (χ1v) is 13.2. The summed E-state index contributed by atoms with van der Waals surface area (Å²) >= 11 is 7.31. The smallest absolute Gasteiger partial charge is 0.324 e. The number of benzene rings is 2. The van der Waals surface area contributed by atoms with E-state index in [4.69, 9.17) is 31.6 Å². The van der Waals surface area contributed by atoms with E-state index in [1.54, 1.807) is 11.0 Å². The van der Waals surface area contributed by atoms with Crippen LogP contribution in [0.3, 0.4) is 0 Å². The molecule has 0 radical (unpaired) electrons. The van der Waals surface area contributed by atoms with Gasteiger partial charge < -0.3 is 15.6 Å². The summed E-state index contributed by atoms with van der Waals surface area (Å²) in [7, 11) is 0. The van der Waals surface area contributed by atoms with Gasteiger partial charge in [0.25, 0.3) is 6.20 Å². The number of aliphatic imine (C=N–C) groups is 1. The third-order valence-electron chi connectivity index (χ3n) is 6.33. The van der Waals surface area contributed by atoms with E-state index in [0.29, 0.717) is 46.7 Å². The van der Waals surface area contributed by atoms with Gasteiger partial charge in [0.1, 0.15) is 4.83 Å². The molecular formula is C27H23ClN6O3S. The fourth-order valence-corrected chi connectivity index (χ4v) is 5.46. The lowest BCUT2D eigenvalue weighted by molar-refractivity contribution is -0.759. The SMILES string of the molecule is Cc1ccc(-c2cc(-c3ccc(Cl)cc3)nc3sc(/C([O-])=N/c4c[n+](N5CCOCC5)no4)c(N)c23)cc1. The van der Waals surface area contributed by atoms with Crippen LogP contribution >= 0.6 is 22.9 Å². The number of nitrogens with zero attached hydrogens (tertiary/aromatic N) is 5. The Balaban J connectivity index is 1.44. The monoisotopic (exact) mass is 546 g/mol. The molecule has 0 atom stereocenters. The van der Waals surface area contributed by atoms with Crippen LogP contribution in [0.15, 0.2) is 70.3 Å². The van der Waals surface area contributed by atoms with Crippen LogP contribution in [0.1, 0.15) is 10.4 Å². The van der Waals surface area contributed by atoms with Crippen molar-refractivity contribution in [3.8, 4) is 22.4 Å². The number of pyridine rings is 1. The predicted molar refractivity (Wildman–Crippen MR) is 146 cm³/mol. The van der Waals surface area contributed by atoms with Gasteiger partial charge in [-0.1, -0.05) is 53.6 Å². The molecule has 5 aromatic rings. The number of aromatic nitrogens is 3. The topological polar surface area (TPSA) is 117 Å². The molecule has 9 nitrogen and oxygen atoms in total. The molecule has 1 aliphatic heterocycles. The summed E-state index contributed by atoms with van der Waals surface area (Å²) in [6, 6.07) is 17.6. The Morgan fingerprint density at radius 3 is 2.55 bits per heavy atom. The number of halogens is 1. The van der Waals surface area contributed by atoms with Crippen LogP contribution in [0.25, 0.3) is 32.6 Å². The Labute approximate surface area is 227 Å². The first-order valence-electron chi connectivity index (χ1n) is 12.0. The molecule has 0 unspecified atom stereocenters. The zero-order valence-electron chi connectivity index (χ0n) is 20.4. The Morgan fingerprint density at radius 2 is 1.82 bits per heavy atom. The fraction of sp³-hybridized carbons (Fsp3) is 0.185. The molecule has 0 bridgehead atoms. The van der Waals surface area contributed by atoms with Crippen molar-refractivity contribution >= 4 is 50.6 Å². The van der Waals surface area contributed by atoms with Crippen LogP contribution in [0.5, 0.6) is 0 Å². The largest absolute Gasteiger partial charge is 0.857 e. The van der Waals surface area contributed by atoms with E-state index in [2.05, 4.69) is 10.3 Å². The molecule has 2 N–H and O–H groups in total. The summed E-state index contributed by atoms with van der Waals surface area (Å²) in [5.74, 6) is -0.425. The average molecular weight is 547 g/mol. The van der Waals surface area contributed by atoms with Crippen molar-refractivity contribution < 1.29 is 19.2 Å². The number of morpholine rings is 1. The number of nitrogen functional groups attached to an aromatic ring is 1. The molecule has 3 aromatic heterocycles. The third-order valence-corrected chi connectivity index (χ3v) is 7.67. The van der Waals surface area contributed by atoms with E-state index in [1.165, 1.54) is 11.3 Å². The van der Waals surface area contributed by atoms with Crippen LogP contribution in [-0.4, -0.2) is 42.5 Å². The number of ether oxygens (including phenoxy) is 1. The summed E-state index contributed by atoms with van der Waals surface area (Å²) in [5, 5.41) is 20.6. The van der Waals surface area contributed by atoms with Gasteiger partial charge in [-0.15, -0.1) is 16.3 Å². The molecule has 38 heavy (non-hydrogen) atoms. The van der Waals surface area contributed by atoms with Gasteiger partial charge in [0.2, 0.25) is 5.27 Å². The maximum atomic E-state index is 13.3. The number of fused-ring (bicyclic) bond motifs is 1. The standard InChI is InChI=1S/C27H23ClN6O3S/c1-16-2-4-17(5-3-16)20-14-21(18-6-8-19(28)9-7-18)30-27-23(20)24(29)25(38-27)26(35)31-22-15-34(32-37-22)33-10-12-36-13-11-33/h2-9,14-15H,10-13H2,1H3,(H2-,29,31,32,35). The average Bonchev–Trinajstić information content (AvgIpc) is 3.54. The quantitative estimate of drug-likeness (QED) is 0.202. The zero-order valence-corrected chi connectivity index (χ0v) is 22.0. The Hall–Kier alpha value is -3.99. The second-order valence-electron chi connectivity index (χ2n) is 8.90. The number of hydrogen-bond donors (Lipinski definition) is 1. The molecule has 0 saturated carbocycles. The van der Waals surface area contributed by atoms with E-state index in [1.807, 2.05) is 66.5 Å². The lowest BCUT2D eigenvalue weighted by atomic mass is 9.99. The molecule has 0 spiro atoms. The Morgan fingerprint density at radius 1 is 1.11 bits per heavy atom. The summed E-state index contributed by atoms with van der Waals surface area (Å²) in [6.07, 6.45) is 1.57. The Kier molecular flexibility index (Phi) is 6.44. The number of anilines is 1. The zero-order chi connectivity index (χ0) is 26.2. The highest BCUT2D eigenvalue weighted by molar-refractivity contribution is 7.21. The van der Waals surface area contributed by atoms with E-state index in [-0.39, 0.29) is 5.88 Å². The van der Waals surface area contributed by atoms with E-state index >= 15 is 0 Å². The fourth-order valence-electron chi connectivity index (χ4n) is 4.33. The van der Waals surface area contributed by atoms with Crippen molar-refractivity contribution in [2.24, 2.45) is 4.99 Å². The first-order chi connectivity index (χ1) is 18.5. The van der Waals surface area contributed by atoms with Crippen molar-refractivity contribution in [1.29, 1.82) is 0 Å². The molecule has 1 saturated heterocycles. The Bertz CT molecular complexity index is 1640. The van der Waals surface area contributed by atoms with Gasteiger partial charge in [0, 0.05) is 21.9 Å². The van der Waals surface area contributed by atoms with Crippen LogP contribution < -0.4 is 20.6 Å². The predicted octanol–water partition coefficient (Wildman–Crippen LogP) is 3.86. The highest BCUT2D eigenvalue weighted by Crippen LogP contribution is 2.41. The van der Waals surface area contributed by atoms with E-state index in [0.717, 1.165) is 33.3 Å². The van der Waals surface area contributed by atoms with Gasteiger partial charge in [-0.25, -0.2) is 9.98 Å². The molecule has 4 heterocycles. The van der Waals surface area contributed by atoms with Gasteiger partial charge in [-0.2, -0.15) is 0 Å². The number of aryl methyl sites for hydroxylation is 1. The molecule has 0 amide bonds. The second-order valence-corrected chi connectivity index (χ2v) is 10.3. The maximum Gasteiger partial charge on any atom is 0.324 e. The van der Waals surface area contributed by atoms with Crippen molar-refractivity contribution in [1.82, 2.24) is 10.3 Å². The molecule has 1 aliphatic rings. The molecule has 11 heteroatoms. The summed E-state index contributed by atoms with van der Waals surface area (Å²) in [6.45, 7) is 4.55. The third kappa shape index (κ3) is 4.69. The van der Waals surface area contributed by atoms with Gasteiger partial charge in [-0.05, 0) is 36.2 Å². The van der Waals surface area contributed by atoms with Gasteiger partial charge in [0.05, 0.1) is 47.4 Å². The molecule has 192 valence electrons. The van der Waals surface area contributed by atoms with Crippen molar-refractivity contribution in [2.45, 2.75) is 6.92 Å². The van der Waals surface area contributed by atoms with Crippen molar-refractivity contribution in [3.63, 3.8) is 0 Å². The minimum atomic E-state index is -0.515. The van der Waals surface area contributed by atoms with E-state index < -0.39 is 5.90 Å². The number of nitrogens with two attached hydrogens (primary N) is 1. The maximum absolute atomic E-state index is 13.3. The van der Waals surface area contributed by atoms with Crippen molar-refractivity contribution in [3.05, 3.63) is 76.3 Å². The van der Waals surface area contributed by atoms with Gasteiger partial charge >= 0.3 is 5.88 Å². The minimum Gasteiger partial charge on any atom is -0.857 e. The van der Waals surface area contributed by atoms with Crippen LogP contribution in [0.4, 0.5) is 11.6 Å². The lowest BCUT2D eigenvalue weighted by Crippen LogP contribution is -2.62.